The minimum Gasteiger partial charge on any atom is -0.394 e. The molecule has 1 unspecified atom stereocenters. The molecular formula is C10H13N3O3. The number of ether oxygens (including phenoxy) is 1. The third-order valence-electron chi connectivity index (χ3n) is 2.46. The molecule has 16 heavy (non-hydrogen) atoms. The van der Waals surface area contributed by atoms with E-state index in [1.165, 1.54) is 12.4 Å². The lowest BCUT2D eigenvalue weighted by molar-refractivity contribution is -0.0447. The first-order valence-electron chi connectivity index (χ1n) is 5.09. The number of rotatable bonds is 2. The highest BCUT2D eigenvalue weighted by Gasteiger charge is 2.24. The predicted octanol–water partition coefficient (Wildman–Crippen LogP) is -0.690. The standard InChI is InChI=1S/C10H13N3O3/c14-7-9-6-13(3-4-16-9)10(15)8-1-2-11-12-5-8/h1-2,5,9,14H,3-4,6-7H2. The second-order valence-corrected chi connectivity index (χ2v) is 3.56. The SMILES string of the molecule is O=C(c1ccnnc1)N1CCOC(CO)C1. The summed E-state index contributed by atoms with van der Waals surface area (Å²) in [5, 5.41) is 16.3. The maximum Gasteiger partial charge on any atom is 0.255 e. The van der Waals surface area contributed by atoms with Crippen LogP contribution in [0.4, 0.5) is 0 Å². The lowest BCUT2D eigenvalue weighted by Crippen LogP contribution is -2.46. The summed E-state index contributed by atoms with van der Waals surface area (Å²) in [5.41, 5.74) is 0.508. The third-order valence-corrected chi connectivity index (χ3v) is 2.46. The predicted molar refractivity (Wildman–Crippen MR) is 54.8 cm³/mol. The van der Waals surface area contributed by atoms with Crippen LogP contribution in [0.5, 0.6) is 0 Å². The minimum atomic E-state index is -0.285. The van der Waals surface area contributed by atoms with E-state index in [0.717, 1.165) is 0 Å². The second-order valence-electron chi connectivity index (χ2n) is 3.56. The number of amides is 1. The molecule has 1 aromatic rings. The van der Waals surface area contributed by atoms with Crippen molar-refractivity contribution >= 4 is 5.91 Å². The highest BCUT2D eigenvalue weighted by atomic mass is 16.5. The molecule has 1 aliphatic rings. The first kappa shape index (κ1) is 11.0. The molecule has 6 heteroatoms. The largest absolute Gasteiger partial charge is 0.394 e. The molecule has 0 aromatic carbocycles. The molecule has 1 fully saturated rings. The van der Waals surface area contributed by atoms with E-state index in [4.69, 9.17) is 9.84 Å². The summed E-state index contributed by atoms with van der Waals surface area (Å²) in [7, 11) is 0. The van der Waals surface area contributed by atoms with Gasteiger partial charge >= 0.3 is 0 Å². The van der Waals surface area contributed by atoms with Gasteiger partial charge in [0.15, 0.2) is 0 Å². The summed E-state index contributed by atoms with van der Waals surface area (Å²) in [6.07, 6.45) is 2.63. The molecule has 1 aliphatic heterocycles. The van der Waals surface area contributed by atoms with E-state index in [-0.39, 0.29) is 18.6 Å². The van der Waals surface area contributed by atoms with E-state index >= 15 is 0 Å². The second kappa shape index (κ2) is 5.00. The van der Waals surface area contributed by atoms with E-state index in [1.54, 1.807) is 11.0 Å². The van der Waals surface area contributed by atoms with Crippen LogP contribution in [0.1, 0.15) is 10.4 Å². The number of carbonyl (C=O) groups excluding carboxylic acids is 1. The van der Waals surface area contributed by atoms with Gasteiger partial charge in [0.05, 0.1) is 37.3 Å². The fraction of sp³-hybridized carbons (Fsp3) is 0.500. The van der Waals surface area contributed by atoms with Crippen LogP contribution < -0.4 is 0 Å². The maximum atomic E-state index is 12.0. The molecule has 0 radical (unpaired) electrons. The van der Waals surface area contributed by atoms with Crippen LogP contribution in [0.15, 0.2) is 18.5 Å². The number of aliphatic hydroxyl groups is 1. The molecule has 2 heterocycles. The van der Waals surface area contributed by atoms with Crippen LogP contribution >= 0.6 is 0 Å². The number of morpholine rings is 1. The van der Waals surface area contributed by atoms with Crippen molar-refractivity contribution in [2.45, 2.75) is 6.10 Å². The average Bonchev–Trinajstić information content (AvgIpc) is 2.39. The van der Waals surface area contributed by atoms with E-state index in [0.29, 0.717) is 25.3 Å². The van der Waals surface area contributed by atoms with Crippen molar-refractivity contribution in [1.82, 2.24) is 15.1 Å². The highest BCUT2D eigenvalue weighted by Crippen LogP contribution is 2.09. The Kier molecular flexibility index (Phi) is 3.43. The van der Waals surface area contributed by atoms with Gasteiger partial charge in [-0.3, -0.25) is 4.79 Å². The van der Waals surface area contributed by atoms with E-state index in [9.17, 15) is 4.79 Å². The molecule has 6 nitrogen and oxygen atoms in total. The van der Waals surface area contributed by atoms with Crippen molar-refractivity contribution in [3.63, 3.8) is 0 Å². The lowest BCUT2D eigenvalue weighted by atomic mass is 10.2. The molecule has 1 N–H and O–H groups in total. The first-order valence-corrected chi connectivity index (χ1v) is 5.09. The molecule has 0 spiro atoms. The van der Waals surface area contributed by atoms with Crippen LogP contribution in [0.2, 0.25) is 0 Å². The van der Waals surface area contributed by atoms with Gasteiger partial charge in [0.25, 0.3) is 5.91 Å². The average molecular weight is 223 g/mol. The molecule has 1 aromatic heterocycles. The molecule has 1 saturated heterocycles. The molecule has 0 bridgehead atoms. The highest BCUT2D eigenvalue weighted by molar-refractivity contribution is 5.93. The molecule has 1 amide bonds. The number of hydrogen-bond donors (Lipinski definition) is 1. The number of carbonyl (C=O) groups is 1. The van der Waals surface area contributed by atoms with Crippen molar-refractivity contribution in [3.8, 4) is 0 Å². The number of aromatic nitrogens is 2. The Morgan fingerprint density at radius 1 is 1.62 bits per heavy atom. The number of aliphatic hydroxyl groups excluding tert-OH is 1. The Balaban J connectivity index is 2.05. The Bertz CT molecular complexity index is 358. The van der Waals surface area contributed by atoms with Crippen molar-refractivity contribution in [2.24, 2.45) is 0 Å². The van der Waals surface area contributed by atoms with Crippen molar-refractivity contribution in [1.29, 1.82) is 0 Å². The lowest BCUT2D eigenvalue weighted by Gasteiger charge is -2.31. The minimum absolute atomic E-state index is 0.0711. The molecule has 0 aliphatic carbocycles. The Hall–Kier alpha value is -1.53. The Labute approximate surface area is 92.9 Å². The Morgan fingerprint density at radius 2 is 2.50 bits per heavy atom. The molecule has 86 valence electrons. The van der Waals surface area contributed by atoms with Gasteiger partial charge in [-0.2, -0.15) is 10.2 Å². The van der Waals surface area contributed by atoms with Gasteiger partial charge in [0.1, 0.15) is 0 Å². The van der Waals surface area contributed by atoms with Crippen LogP contribution in [-0.4, -0.2) is 58.5 Å². The van der Waals surface area contributed by atoms with E-state index in [1.807, 2.05) is 0 Å². The summed E-state index contributed by atoms with van der Waals surface area (Å²) in [6, 6.07) is 1.62. The fourth-order valence-corrected chi connectivity index (χ4v) is 1.61. The van der Waals surface area contributed by atoms with Gasteiger partial charge in [-0.05, 0) is 6.07 Å². The number of nitrogens with zero attached hydrogens (tertiary/aromatic N) is 3. The van der Waals surface area contributed by atoms with Crippen LogP contribution in [0, 0.1) is 0 Å². The maximum absolute atomic E-state index is 12.0. The molecule has 1 atom stereocenters. The topological polar surface area (TPSA) is 75.6 Å². The van der Waals surface area contributed by atoms with Gasteiger partial charge in [-0.1, -0.05) is 0 Å². The fourth-order valence-electron chi connectivity index (χ4n) is 1.61. The van der Waals surface area contributed by atoms with Gasteiger partial charge < -0.3 is 14.7 Å². The summed E-state index contributed by atoms with van der Waals surface area (Å²) in [4.78, 5) is 13.6. The quantitative estimate of drug-likeness (QED) is 0.718. The van der Waals surface area contributed by atoms with Gasteiger partial charge in [-0.15, -0.1) is 0 Å². The van der Waals surface area contributed by atoms with Gasteiger partial charge in [0, 0.05) is 13.1 Å². The number of hydrogen-bond acceptors (Lipinski definition) is 5. The zero-order valence-corrected chi connectivity index (χ0v) is 8.74. The van der Waals surface area contributed by atoms with Crippen molar-refractivity contribution in [3.05, 3.63) is 24.0 Å². The summed E-state index contributed by atoms with van der Waals surface area (Å²) in [6.45, 7) is 1.34. The van der Waals surface area contributed by atoms with Crippen molar-refractivity contribution < 1.29 is 14.6 Å². The molecule has 0 saturated carbocycles. The zero-order valence-electron chi connectivity index (χ0n) is 8.74. The first-order chi connectivity index (χ1) is 7.81. The van der Waals surface area contributed by atoms with E-state index < -0.39 is 0 Å². The molecule has 2 rings (SSSR count). The summed E-state index contributed by atoms with van der Waals surface area (Å²) in [5.74, 6) is -0.100. The molecular weight excluding hydrogens is 210 g/mol. The van der Waals surface area contributed by atoms with E-state index in [2.05, 4.69) is 10.2 Å². The summed E-state index contributed by atoms with van der Waals surface area (Å²) < 4.78 is 5.27. The zero-order chi connectivity index (χ0) is 11.4. The van der Waals surface area contributed by atoms with Crippen LogP contribution in [0.3, 0.4) is 0 Å². The monoisotopic (exact) mass is 223 g/mol. The smallest absolute Gasteiger partial charge is 0.255 e. The van der Waals surface area contributed by atoms with Gasteiger partial charge in [-0.25, -0.2) is 0 Å². The van der Waals surface area contributed by atoms with Crippen LogP contribution in [0.25, 0.3) is 0 Å². The normalized spacial score (nSPS) is 20.8. The van der Waals surface area contributed by atoms with Crippen LogP contribution in [-0.2, 0) is 4.74 Å². The Morgan fingerprint density at radius 3 is 3.19 bits per heavy atom. The van der Waals surface area contributed by atoms with Gasteiger partial charge in [0.2, 0.25) is 0 Å². The van der Waals surface area contributed by atoms with Crippen molar-refractivity contribution in [2.75, 3.05) is 26.3 Å². The summed E-state index contributed by atoms with van der Waals surface area (Å²) >= 11 is 0. The third kappa shape index (κ3) is 2.34.